The molecular weight excluding hydrogens is 412 g/mol. The van der Waals surface area contributed by atoms with Gasteiger partial charge in [0.2, 0.25) is 0 Å². The van der Waals surface area contributed by atoms with Crippen molar-refractivity contribution in [3.05, 3.63) is 45.9 Å². The SMILES string of the molecule is CC1=C(C#N)C(c2ccc(F)cc2Cl)C(C)(C(=O)[O-])C(CCCCC(F)(F)F)N1. The highest BCUT2D eigenvalue weighted by atomic mass is 35.5. The van der Waals surface area contributed by atoms with E-state index in [9.17, 15) is 32.7 Å². The first-order valence-corrected chi connectivity index (χ1v) is 9.40. The highest BCUT2D eigenvalue weighted by Crippen LogP contribution is 2.50. The third-order valence-electron chi connectivity index (χ3n) is 5.44. The molecule has 0 saturated heterocycles. The topological polar surface area (TPSA) is 76.0 Å². The lowest BCUT2D eigenvalue weighted by Crippen LogP contribution is -2.59. The van der Waals surface area contributed by atoms with Gasteiger partial charge in [-0.3, -0.25) is 0 Å². The van der Waals surface area contributed by atoms with Crippen LogP contribution in [-0.4, -0.2) is 18.2 Å². The molecule has 3 unspecified atom stereocenters. The van der Waals surface area contributed by atoms with Crippen molar-refractivity contribution in [2.24, 2.45) is 5.41 Å². The van der Waals surface area contributed by atoms with E-state index in [1.165, 1.54) is 13.0 Å². The average Bonchev–Trinajstić information content (AvgIpc) is 2.60. The number of halogens is 5. The lowest BCUT2D eigenvalue weighted by molar-refractivity contribution is -0.321. The predicted molar refractivity (Wildman–Crippen MR) is 97.0 cm³/mol. The molecule has 0 spiro atoms. The molecule has 158 valence electrons. The fourth-order valence-corrected chi connectivity index (χ4v) is 4.15. The van der Waals surface area contributed by atoms with Crippen molar-refractivity contribution < 1.29 is 27.5 Å². The lowest BCUT2D eigenvalue weighted by Gasteiger charge is -2.49. The number of unbranched alkanes of at least 4 members (excludes halogenated alkanes) is 1. The monoisotopic (exact) mass is 431 g/mol. The van der Waals surface area contributed by atoms with Gasteiger partial charge in [0.1, 0.15) is 5.82 Å². The van der Waals surface area contributed by atoms with Gasteiger partial charge in [-0.15, -0.1) is 0 Å². The maximum absolute atomic E-state index is 13.5. The zero-order valence-corrected chi connectivity index (χ0v) is 16.6. The summed E-state index contributed by atoms with van der Waals surface area (Å²) >= 11 is 6.16. The molecule has 4 nitrogen and oxygen atoms in total. The normalized spacial score (nSPS) is 24.8. The summed E-state index contributed by atoms with van der Waals surface area (Å²) in [7, 11) is 0. The molecule has 1 aromatic rings. The average molecular weight is 432 g/mol. The van der Waals surface area contributed by atoms with Crippen LogP contribution in [0.1, 0.15) is 51.0 Å². The first-order chi connectivity index (χ1) is 13.4. The van der Waals surface area contributed by atoms with Crippen LogP contribution in [0.2, 0.25) is 5.02 Å². The smallest absolute Gasteiger partial charge is 0.389 e. The number of benzene rings is 1. The largest absolute Gasteiger partial charge is 0.549 e. The molecule has 9 heteroatoms. The van der Waals surface area contributed by atoms with Gasteiger partial charge < -0.3 is 15.2 Å². The van der Waals surface area contributed by atoms with E-state index in [1.54, 1.807) is 6.92 Å². The van der Waals surface area contributed by atoms with Crippen LogP contribution in [0.3, 0.4) is 0 Å². The number of hydrogen-bond donors (Lipinski definition) is 1. The quantitative estimate of drug-likeness (QED) is 0.540. The Morgan fingerprint density at radius 2 is 2.03 bits per heavy atom. The molecule has 1 aliphatic rings. The van der Waals surface area contributed by atoms with Crippen LogP contribution in [0, 0.1) is 22.6 Å². The Kier molecular flexibility index (Phi) is 6.84. The number of aliphatic carboxylic acids is 1. The molecule has 1 aromatic carbocycles. The second-order valence-electron chi connectivity index (χ2n) is 7.38. The lowest BCUT2D eigenvalue weighted by atomic mass is 9.62. The Morgan fingerprint density at radius 1 is 1.38 bits per heavy atom. The number of nitriles is 1. The second kappa shape index (κ2) is 8.62. The molecule has 1 heterocycles. The molecule has 0 amide bonds. The fraction of sp³-hybridized carbons (Fsp3) is 0.500. The number of carboxylic acids is 1. The Balaban J connectivity index is 2.47. The van der Waals surface area contributed by atoms with Crippen LogP contribution in [-0.2, 0) is 4.79 Å². The van der Waals surface area contributed by atoms with Crippen molar-refractivity contribution in [3.63, 3.8) is 0 Å². The summed E-state index contributed by atoms with van der Waals surface area (Å²) in [5.74, 6) is -3.14. The van der Waals surface area contributed by atoms with Gasteiger partial charge in [0, 0.05) is 34.5 Å². The number of nitrogens with one attached hydrogen (secondary N) is 1. The zero-order chi connectivity index (χ0) is 22.0. The van der Waals surface area contributed by atoms with E-state index in [1.807, 2.05) is 6.07 Å². The van der Waals surface area contributed by atoms with Crippen LogP contribution >= 0.6 is 11.6 Å². The molecule has 0 aliphatic carbocycles. The van der Waals surface area contributed by atoms with E-state index >= 15 is 0 Å². The van der Waals surface area contributed by atoms with E-state index in [0.29, 0.717) is 5.70 Å². The molecule has 1 N–H and O–H groups in total. The number of hydrogen-bond acceptors (Lipinski definition) is 4. The summed E-state index contributed by atoms with van der Waals surface area (Å²) in [6, 6.07) is 4.64. The van der Waals surface area contributed by atoms with Gasteiger partial charge >= 0.3 is 6.18 Å². The third-order valence-corrected chi connectivity index (χ3v) is 5.77. The molecule has 29 heavy (non-hydrogen) atoms. The minimum Gasteiger partial charge on any atom is -0.549 e. The fourth-order valence-electron chi connectivity index (χ4n) is 3.88. The highest BCUT2D eigenvalue weighted by molar-refractivity contribution is 6.31. The number of alkyl halides is 3. The Morgan fingerprint density at radius 3 is 2.55 bits per heavy atom. The molecule has 0 radical (unpaired) electrons. The highest BCUT2D eigenvalue weighted by Gasteiger charge is 2.49. The summed E-state index contributed by atoms with van der Waals surface area (Å²) < 4.78 is 50.7. The summed E-state index contributed by atoms with van der Waals surface area (Å²) in [6.07, 6.45) is -5.16. The first kappa shape index (κ1) is 23.0. The maximum Gasteiger partial charge on any atom is 0.389 e. The van der Waals surface area contributed by atoms with Crippen molar-refractivity contribution in [2.75, 3.05) is 0 Å². The number of carbonyl (C=O) groups is 1. The molecular formula is C20H20ClF4N2O2-. The van der Waals surface area contributed by atoms with Crippen LogP contribution in [0.15, 0.2) is 29.5 Å². The number of rotatable bonds is 6. The third kappa shape index (κ3) is 4.84. The van der Waals surface area contributed by atoms with E-state index in [0.717, 1.165) is 12.1 Å². The van der Waals surface area contributed by atoms with Gasteiger partial charge in [-0.2, -0.15) is 18.4 Å². The first-order valence-electron chi connectivity index (χ1n) is 9.02. The summed E-state index contributed by atoms with van der Waals surface area (Å²) in [5.41, 5.74) is -0.934. The van der Waals surface area contributed by atoms with Crippen LogP contribution in [0.5, 0.6) is 0 Å². The van der Waals surface area contributed by atoms with Crippen molar-refractivity contribution in [1.29, 1.82) is 5.26 Å². The van der Waals surface area contributed by atoms with Gasteiger partial charge in [-0.1, -0.05) is 31.0 Å². The molecule has 0 saturated carbocycles. The van der Waals surface area contributed by atoms with Crippen molar-refractivity contribution in [2.45, 2.75) is 57.7 Å². The van der Waals surface area contributed by atoms with Crippen LogP contribution in [0.25, 0.3) is 0 Å². The van der Waals surface area contributed by atoms with Gasteiger partial charge in [0.25, 0.3) is 0 Å². The Labute approximate surface area is 171 Å². The van der Waals surface area contributed by atoms with E-state index in [4.69, 9.17) is 11.6 Å². The molecule has 3 atom stereocenters. The second-order valence-corrected chi connectivity index (χ2v) is 7.78. The van der Waals surface area contributed by atoms with Gasteiger partial charge in [-0.05, 0) is 37.5 Å². The standard InChI is InChI=1S/C20H21ClF4N2O2/c1-11-14(10-26)17(13-7-6-12(22)9-15(13)21)19(2,18(28)29)16(27-11)5-3-4-8-20(23,24)25/h6-7,9,16-17,27H,3-5,8H2,1-2H3,(H,28,29)/p-1. The molecule has 0 bridgehead atoms. The molecule has 0 aromatic heterocycles. The summed E-state index contributed by atoms with van der Waals surface area (Å²) in [5, 5.41) is 24.8. The van der Waals surface area contributed by atoms with Crippen LogP contribution in [0.4, 0.5) is 17.6 Å². The van der Waals surface area contributed by atoms with Gasteiger partial charge in [0.05, 0.1) is 17.6 Å². The Hall–Kier alpha value is -2.27. The Bertz CT molecular complexity index is 863. The summed E-state index contributed by atoms with van der Waals surface area (Å²) in [4.78, 5) is 12.2. The predicted octanol–water partition coefficient (Wildman–Crippen LogP) is 4.21. The van der Waals surface area contributed by atoms with Crippen molar-refractivity contribution in [1.82, 2.24) is 5.32 Å². The number of carbonyl (C=O) groups excluding carboxylic acids is 1. The molecule has 0 fully saturated rings. The van der Waals surface area contributed by atoms with E-state index in [2.05, 4.69) is 5.32 Å². The van der Waals surface area contributed by atoms with Crippen LogP contribution < -0.4 is 10.4 Å². The van der Waals surface area contributed by atoms with Gasteiger partial charge in [0.15, 0.2) is 0 Å². The summed E-state index contributed by atoms with van der Waals surface area (Å²) in [6.45, 7) is 2.96. The minimum absolute atomic E-state index is 0.0410. The minimum atomic E-state index is -4.29. The van der Waals surface area contributed by atoms with Crippen molar-refractivity contribution in [3.8, 4) is 6.07 Å². The zero-order valence-electron chi connectivity index (χ0n) is 15.9. The number of carboxylic acid groups (broad SMARTS) is 1. The molecule has 2 rings (SSSR count). The molecule has 1 aliphatic heterocycles. The van der Waals surface area contributed by atoms with E-state index < -0.39 is 41.8 Å². The van der Waals surface area contributed by atoms with Gasteiger partial charge in [-0.25, -0.2) is 4.39 Å². The van der Waals surface area contributed by atoms with E-state index in [-0.39, 0.29) is 35.4 Å². The number of allylic oxidation sites excluding steroid dienone is 2. The van der Waals surface area contributed by atoms with Crippen molar-refractivity contribution >= 4 is 17.6 Å². The maximum atomic E-state index is 13.5. The number of nitrogens with zero attached hydrogens (tertiary/aromatic N) is 1.